The molecule has 1 aromatic carbocycles. The van der Waals surface area contributed by atoms with E-state index in [1.807, 2.05) is 45.8 Å². The monoisotopic (exact) mass is 328 g/mol. The average Bonchev–Trinajstić information content (AvgIpc) is 3.37. The van der Waals surface area contributed by atoms with Gasteiger partial charge >= 0.3 is 0 Å². The minimum Gasteiger partial charge on any atom is -0.297 e. The normalized spacial score (nSPS) is 13.8. The number of aromatic nitrogens is 4. The van der Waals surface area contributed by atoms with Gasteiger partial charge in [-0.05, 0) is 23.3 Å². The molecule has 6 heteroatoms. The molecule has 0 unspecified atom stereocenters. The van der Waals surface area contributed by atoms with E-state index in [0.717, 1.165) is 30.2 Å². The molecule has 6 nitrogen and oxygen atoms in total. The van der Waals surface area contributed by atoms with Crippen molar-refractivity contribution < 1.29 is 0 Å². The van der Waals surface area contributed by atoms with Gasteiger partial charge in [-0.15, -0.1) is 0 Å². The van der Waals surface area contributed by atoms with Crippen molar-refractivity contribution in [2.45, 2.75) is 13.1 Å². The smallest absolute Gasteiger partial charge is 0.166 e. The molecular weight excluding hydrogens is 312 g/mol. The summed E-state index contributed by atoms with van der Waals surface area (Å²) in [6.45, 7) is 1.67. The predicted octanol–water partition coefficient (Wildman–Crippen LogP) is 2.87. The fraction of sp³-hybridized carbons (Fsp3) is 0.105. The largest absolute Gasteiger partial charge is 0.297 e. The molecule has 0 spiro atoms. The van der Waals surface area contributed by atoms with Crippen LogP contribution in [0.1, 0.15) is 16.8 Å². The summed E-state index contributed by atoms with van der Waals surface area (Å²) in [5.41, 5.74) is 4.50. The van der Waals surface area contributed by atoms with Crippen LogP contribution in [0.25, 0.3) is 11.5 Å². The maximum Gasteiger partial charge on any atom is 0.166 e. The van der Waals surface area contributed by atoms with E-state index in [-0.39, 0.29) is 0 Å². The third-order valence-electron chi connectivity index (χ3n) is 4.46. The number of hydrazone groups is 1. The van der Waals surface area contributed by atoms with Gasteiger partial charge < -0.3 is 0 Å². The maximum atomic E-state index is 4.72. The van der Waals surface area contributed by atoms with Crippen molar-refractivity contribution in [2.24, 2.45) is 5.10 Å². The number of imidazole rings is 2. The molecule has 0 N–H and O–H groups in total. The molecule has 0 saturated carbocycles. The fourth-order valence-corrected chi connectivity index (χ4v) is 3.23. The van der Waals surface area contributed by atoms with Gasteiger partial charge in [0.05, 0.1) is 19.3 Å². The fourth-order valence-electron chi connectivity index (χ4n) is 3.23. The minimum absolute atomic E-state index is 0.823. The topological polar surface area (TPSA) is 50.7 Å². The minimum atomic E-state index is 0.823. The standard InChI is InChI=1S/C19H16N6/c1-2-6-16-13-24(12-15(16)5-1)21-11-17-19(23-10-8-20-14-23)22-18-7-3-4-9-25(17)18/h1-11,14H,12-13H2/b21-11+. The van der Waals surface area contributed by atoms with Gasteiger partial charge in [-0.25, -0.2) is 9.97 Å². The van der Waals surface area contributed by atoms with Crippen LogP contribution >= 0.6 is 0 Å². The van der Waals surface area contributed by atoms with Crippen molar-refractivity contribution in [3.63, 3.8) is 0 Å². The number of rotatable bonds is 3. The Morgan fingerprint density at radius 2 is 1.76 bits per heavy atom. The summed E-state index contributed by atoms with van der Waals surface area (Å²) in [5.74, 6) is 0.823. The molecule has 0 radical (unpaired) electrons. The number of hydrogen-bond donors (Lipinski definition) is 0. The lowest BCUT2D eigenvalue weighted by Crippen LogP contribution is -2.09. The molecular formula is C19H16N6. The lowest BCUT2D eigenvalue weighted by molar-refractivity contribution is 0.302. The average molecular weight is 328 g/mol. The lowest BCUT2D eigenvalue weighted by atomic mass is 10.1. The van der Waals surface area contributed by atoms with Crippen LogP contribution in [0, 0.1) is 0 Å². The first kappa shape index (κ1) is 14.0. The highest BCUT2D eigenvalue weighted by atomic mass is 15.5. The van der Waals surface area contributed by atoms with Gasteiger partial charge in [-0.2, -0.15) is 5.10 Å². The molecule has 1 aliphatic rings. The number of nitrogens with zero attached hydrogens (tertiary/aromatic N) is 6. The van der Waals surface area contributed by atoms with Crippen molar-refractivity contribution >= 4 is 11.9 Å². The van der Waals surface area contributed by atoms with E-state index in [1.165, 1.54) is 11.1 Å². The Labute approximate surface area is 144 Å². The van der Waals surface area contributed by atoms with E-state index in [0.29, 0.717) is 0 Å². The highest BCUT2D eigenvalue weighted by molar-refractivity contribution is 5.83. The van der Waals surface area contributed by atoms with Crippen LogP contribution in [-0.2, 0) is 13.1 Å². The van der Waals surface area contributed by atoms with Crippen LogP contribution in [-0.4, -0.2) is 30.2 Å². The van der Waals surface area contributed by atoms with Gasteiger partial charge in [0.2, 0.25) is 0 Å². The summed E-state index contributed by atoms with van der Waals surface area (Å²) in [6, 6.07) is 14.4. The molecule has 25 heavy (non-hydrogen) atoms. The zero-order valence-electron chi connectivity index (χ0n) is 13.5. The van der Waals surface area contributed by atoms with E-state index in [4.69, 9.17) is 10.1 Å². The van der Waals surface area contributed by atoms with Crippen LogP contribution in [0.4, 0.5) is 0 Å². The van der Waals surface area contributed by atoms with E-state index in [9.17, 15) is 0 Å². The summed E-state index contributed by atoms with van der Waals surface area (Å²) >= 11 is 0. The van der Waals surface area contributed by atoms with E-state index >= 15 is 0 Å². The summed E-state index contributed by atoms with van der Waals surface area (Å²) in [7, 11) is 0. The Balaban J connectivity index is 1.53. The molecule has 4 aromatic rings. The highest BCUT2D eigenvalue weighted by Crippen LogP contribution is 2.22. The van der Waals surface area contributed by atoms with Crippen LogP contribution in [0.2, 0.25) is 0 Å². The third-order valence-corrected chi connectivity index (χ3v) is 4.46. The third kappa shape index (κ3) is 2.39. The molecule has 4 heterocycles. The Morgan fingerprint density at radius 3 is 2.52 bits per heavy atom. The van der Waals surface area contributed by atoms with Gasteiger partial charge in [0.1, 0.15) is 17.7 Å². The van der Waals surface area contributed by atoms with Crippen molar-refractivity contribution in [1.29, 1.82) is 0 Å². The highest BCUT2D eigenvalue weighted by Gasteiger charge is 2.17. The predicted molar refractivity (Wildman–Crippen MR) is 95.6 cm³/mol. The number of pyridine rings is 1. The number of benzene rings is 1. The van der Waals surface area contributed by atoms with Crippen molar-refractivity contribution in [1.82, 2.24) is 23.9 Å². The summed E-state index contributed by atoms with van der Waals surface area (Å²) < 4.78 is 3.95. The first-order chi connectivity index (χ1) is 12.4. The summed E-state index contributed by atoms with van der Waals surface area (Å²) in [5, 5.41) is 6.79. The first-order valence-electron chi connectivity index (χ1n) is 8.19. The van der Waals surface area contributed by atoms with Crippen molar-refractivity contribution in [2.75, 3.05) is 0 Å². The Bertz CT molecular complexity index is 1040. The molecule has 0 fully saturated rings. The summed E-state index contributed by atoms with van der Waals surface area (Å²) in [6.07, 6.45) is 9.29. The van der Waals surface area contributed by atoms with Crippen LogP contribution < -0.4 is 0 Å². The maximum absolute atomic E-state index is 4.72. The van der Waals surface area contributed by atoms with Gasteiger partial charge in [0, 0.05) is 18.6 Å². The number of fused-ring (bicyclic) bond motifs is 2. The second-order valence-corrected chi connectivity index (χ2v) is 6.06. The zero-order valence-corrected chi connectivity index (χ0v) is 13.5. The van der Waals surface area contributed by atoms with E-state index < -0.39 is 0 Å². The Hall–Kier alpha value is -3.41. The second-order valence-electron chi connectivity index (χ2n) is 6.06. The molecule has 0 amide bonds. The summed E-state index contributed by atoms with van der Waals surface area (Å²) in [4.78, 5) is 8.85. The molecule has 1 aliphatic heterocycles. The van der Waals surface area contributed by atoms with Crippen molar-refractivity contribution in [3.8, 4) is 5.82 Å². The van der Waals surface area contributed by atoms with Crippen LogP contribution in [0.15, 0.2) is 72.5 Å². The van der Waals surface area contributed by atoms with Crippen LogP contribution in [0.3, 0.4) is 0 Å². The Kier molecular flexibility index (Phi) is 3.13. The number of hydrogen-bond acceptors (Lipinski definition) is 4. The molecule has 0 bridgehead atoms. The van der Waals surface area contributed by atoms with Gasteiger partial charge in [0.15, 0.2) is 5.82 Å². The van der Waals surface area contributed by atoms with Crippen LogP contribution in [0.5, 0.6) is 0 Å². The quantitative estimate of drug-likeness (QED) is 0.543. The lowest BCUT2D eigenvalue weighted by Gasteiger charge is -2.09. The van der Waals surface area contributed by atoms with Gasteiger partial charge in [-0.3, -0.25) is 14.0 Å². The second kappa shape index (κ2) is 5.59. The Morgan fingerprint density at radius 1 is 0.960 bits per heavy atom. The van der Waals surface area contributed by atoms with Gasteiger partial charge in [0.25, 0.3) is 0 Å². The molecule has 0 saturated heterocycles. The molecule has 5 rings (SSSR count). The van der Waals surface area contributed by atoms with Gasteiger partial charge in [-0.1, -0.05) is 30.3 Å². The first-order valence-corrected chi connectivity index (χ1v) is 8.19. The molecule has 0 aliphatic carbocycles. The van der Waals surface area contributed by atoms with Crippen molar-refractivity contribution in [3.05, 3.63) is 84.2 Å². The van der Waals surface area contributed by atoms with E-state index in [2.05, 4.69) is 34.3 Å². The zero-order chi connectivity index (χ0) is 16.6. The SMILES string of the molecule is C(=N\N1Cc2ccccc2C1)/c1c(-n2ccnc2)nc2ccccn12. The molecule has 3 aromatic heterocycles. The van der Waals surface area contributed by atoms with E-state index in [1.54, 1.807) is 12.5 Å². The molecule has 0 atom stereocenters. The molecule has 122 valence electrons.